The number of nitrogens with zero attached hydrogens (tertiary/aromatic N) is 1. The number of anilines is 1. The van der Waals surface area contributed by atoms with Gasteiger partial charge in [0.25, 0.3) is 0 Å². The molecule has 0 aromatic heterocycles. The highest BCUT2D eigenvalue weighted by Crippen LogP contribution is 2.16. The predicted octanol–water partition coefficient (Wildman–Crippen LogP) is 0.927. The molecule has 1 aromatic rings. The van der Waals surface area contributed by atoms with Gasteiger partial charge in [0.2, 0.25) is 5.91 Å². The largest absolute Gasteiger partial charge is 0.497 e. The van der Waals surface area contributed by atoms with Crippen molar-refractivity contribution in [1.29, 1.82) is 0 Å². The van der Waals surface area contributed by atoms with Crippen LogP contribution >= 0.6 is 0 Å². The minimum atomic E-state index is 0.00246. The van der Waals surface area contributed by atoms with Crippen molar-refractivity contribution in [2.45, 2.75) is 12.5 Å². The van der Waals surface area contributed by atoms with Crippen LogP contribution in [0.1, 0.15) is 6.42 Å². The summed E-state index contributed by atoms with van der Waals surface area (Å²) in [6.07, 6.45) is 1.10. The smallest absolute Gasteiger partial charge is 0.238 e. The number of nitrogens with one attached hydrogen (secondary N) is 2. The summed E-state index contributed by atoms with van der Waals surface area (Å²) < 4.78 is 5.13. The zero-order valence-corrected chi connectivity index (χ0v) is 11.5. The van der Waals surface area contributed by atoms with Gasteiger partial charge in [-0.1, -0.05) is 6.07 Å². The summed E-state index contributed by atoms with van der Waals surface area (Å²) >= 11 is 0. The Hall–Kier alpha value is -1.59. The summed E-state index contributed by atoms with van der Waals surface area (Å²) in [5.74, 6) is 0.744. The van der Waals surface area contributed by atoms with Crippen molar-refractivity contribution in [2.75, 3.05) is 39.1 Å². The average Bonchev–Trinajstić information content (AvgIpc) is 2.92. The van der Waals surface area contributed by atoms with Gasteiger partial charge in [-0.2, -0.15) is 0 Å². The van der Waals surface area contributed by atoms with Crippen molar-refractivity contribution in [1.82, 2.24) is 10.2 Å². The lowest BCUT2D eigenvalue weighted by molar-refractivity contribution is -0.117. The Morgan fingerprint density at radius 3 is 3.11 bits per heavy atom. The summed E-state index contributed by atoms with van der Waals surface area (Å²) in [5, 5.41) is 6.19. The van der Waals surface area contributed by atoms with Crippen LogP contribution in [0, 0.1) is 0 Å². The second kappa shape index (κ2) is 6.54. The van der Waals surface area contributed by atoms with E-state index in [-0.39, 0.29) is 5.91 Å². The first kappa shape index (κ1) is 13.8. The van der Waals surface area contributed by atoms with E-state index in [1.807, 2.05) is 31.3 Å². The van der Waals surface area contributed by atoms with Crippen molar-refractivity contribution in [3.05, 3.63) is 24.3 Å². The summed E-state index contributed by atoms with van der Waals surface area (Å²) in [6.45, 7) is 2.40. The molecule has 1 atom stereocenters. The van der Waals surface area contributed by atoms with Gasteiger partial charge < -0.3 is 15.4 Å². The molecule has 2 rings (SSSR count). The number of amides is 1. The van der Waals surface area contributed by atoms with Crippen LogP contribution < -0.4 is 15.4 Å². The van der Waals surface area contributed by atoms with E-state index in [2.05, 4.69) is 15.5 Å². The molecule has 1 aromatic carbocycles. The number of carbonyl (C=O) groups is 1. The van der Waals surface area contributed by atoms with Crippen LogP contribution in [-0.4, -0.2) is 50.6 Å². The Labute approximate surface area is 113 Å². The van der Waals surface area contributed by atoms with Gasteiger partial charge in [-0.05, 0) is 32.1 Å². The predicted molar refractivity (Wildman–Crippen MR) is 75.5 cm³/mol. The molecule has 0 aliphatic carbocycles. The number of carbonyl (C=O) groups excluding carboxylic acids is 1. The van der Waals surface area contributed by atoms with Crippen LogP contribution in [0.5, 0.6) is 5.75 Å². The summed E-state index contributed by atoms with van der Waals surface area (Å²) in [6, 6.07) is 7.84. The van der Waals surface area contributed by atoms with E-state index in [4.69, 9.17) is 4.74 Å². The molecule has 0 spiro atoms. The van der Waals surface area contributed by atoms with Crippen molar-refractivity contribution in [2.24, 2.45) is 0 Å². The molecular formula is C14H21N3O2. The zero-order chi connectivity index (χ0) is 13.7. The molecular weight excluding hydrogens is 242 g/mol. The Balaban J connectivity index is 1.86. The van der Waals surface area contributed by atoms with Gasteiger partial charge in [-0.3, -0.25) is 9.69 Å². The van der Waals surface area contributed by atoms with Gasteiger partial charge in [-0.15, -0.1) is 0 Å². The van der Waals surface area contributed by atoms with Crippen LogP contribution in [0.25, 0.3) is 0 Å². The first-order valence-corrected chi connectivity index (χ1v) is 6.54. The monoisotopic (exact) mass is 263 g/mol. The average molecular weight is 263 g/mol. The number of hydrogen-bond donors (Lipinski definition) is 2. The summed E-state index contributed by atoms with van der Waals surface area (Å²) in [7, 11) is 3.60. The molecule has 0 radical (unpaired) electrons. The van der Waals surface area contributed by atoms with Crippen LogP contribution in [-0.2, 0) is 4.79 Å². The normalized spacial score (nSPS) is 18.6. The Morgan fingerprint density at radius 1 is 1.58 bits per heavy atom. The topological polar surface area (TPSA) is 53.6 Å². The molecule has 1 saturated heterocycles. The first-order chi connectivity index (χ1) is 9.19. The van der Waals surface area contributed by atoms with E-state index in [1.54, 1.807) is 7.11 Å². The Morgan fingerprint density at radius 2 is 2.42 bits per heavy atom. The number of rotatable bonds is 5. The second-order valence-electron chi connectivity index (χ2n) is 4.84. The van der Waals surface area contributed by atoms with Gasteiger partial charge in [0.15, 0.2) is 0 Å². The van der Waals surface area contributed by atoms with Crippen LogP contribution in [0.15, 0.2) is 24.3 Å². The molecule has 19 heavy (non-hydrogen) atoms. The van der Waals surface area contributed by atoms with Gasteiger partial charge in [0.1, 0.15) is 5.75 Å². The fraction of sp³-hybridized carbons (Fsp3) is 0.500. The fourth-order valence-electron chi connectivity index (χ4n) is 2.27. The molecule has 5 heteroatoms. The summed E-state index contributed by atoms with van der Waals surface area (Å²) in [5.41, 5.74) is 0.766. The van der Waals surface area contributed by atoms with Gasteiger partial charge >= 0.3 is 0 Å². The van der Waals surface area contributed by atoms with Crippen molar-refractivity contribution in [3.8, 4) is 5.75 Å². The number of methoxy groups -OCH3 is 1. The van der Waals surface area contributed by atoms with E-state index in [0.29, 0.717) is 12.6 Å². The maximum atomic E-state index is 12.0. The minimum Gasteiger partial charge on any atom is -0.497 e. The lowest BCUT2D eigenvalue weighted by atomic mass is 10.2. The van der Waals surface area contributed by atoms with Crippen LogP contribution in [0.3, 0.4) is 0 Å². The molecule has 1 amide bonds. The molecule has 1 heterocycles. The van der Waals surface area contributed by atoms with Crippen molar-refractivity contribution >= 4 is 11.6 Å². The van der Waals surface area contributed by atoms with Crippen LogP contribution in [0.2, 0.25) is 0 Å². The maximum Gasteiger partial charge on any atom is 0.238 e. The van der Waals surface area contributed by atoms with Gasteiger partial charge in [-0.25, -0.2) is 0 Å². The van der Waals surface area contributed by atoms with E-state index in [0.717, 1.165) is 30.9 Å². The van der Waals surface area contributed by atoms with E-state index < -0.39 is 0 Å². The van der Waals surface area contributed by atoms with E-state index in [9.17, 15) is 4.79 Å². The van der Waals surface area contributed by atoms with Crippen LogP contribution in [0.4, 0.5) is 5.69 Å². The number of likely N-dealkylation sites (N-methyl/N-ethyl adjacent to an activating group) is 1. The molecule has 104 valence electrons. The number of benzene rings is 1. The zero-order valence-electron chi connectivity index (χ0n) is 11.5. The van der Waals surface area contributed by atoms with Gasteiger partial charge in [0, 0.05) is 24.3 Å². The standard InChI is InChI=1S/C14H21N3O2/c1-17(12-6-7-15-9-12)10-14(18)16-11-4-3-5-13(8-11)19-2/h3-5,8,12,15H,6-7,9-10H2,1-2H3,(H,16,18). The third-order valence-electron chi connectivity index (χ3n) is 3.40. The van der Waals surface area contributed by atoms with Crippen molar-refractivity contribution in [3.63, 3.8) is 0 Å². The maximum absolute atomic E-state index is 12.0. The highest BCUT2D eigenvalue weighted by Gasteiger charge is 2.20. The lowest BCUT2D eigenvalue weighted by Crippen LogP contribution is -2.39. The number of ether oxygens (including phenoxy) is 1. The molecule has 0 bridgehead atoms. The molecule has 5 nitrogen and oxygen atoms in total. The summed E-state index contributed by atoms with van der Waals surface area (Å²) in [4.78, 5) is 14.1. The quantitative estimate of drug-likeness (QED) is 0.830. The van der Waals surface area contributed by atoms with Crippen molar-refractivity contribution < 1.29 is 9.53 Å². The molecule has 2 N–H and O–H groups in total. The van der Waals surface area contributed by atoms with Gasteiger partial charge in [0.05, 0.1) is 13.7 Å². The van der Waals surface area contributed by atoms with E-state index >= 15 is 0 Å². The SMILES string of the molecule is COc1cccc(NC(=O)CN(C)C2CCNC2)c1. The Bertz CT molecular complexity index is 430. The fourth-order valence-corrected chi connectivity index (χ4v) is 2.27. The second-order valence-corrected chi connectivity index (χ2v) is 4.84. The molecule has 1 aliphatic heterocycles. The molecule has 1 fully saturated rings. The Kier molecular flexibility index (Phi) is 4.76. The highest BCUT2D eigenvalue weighted by molar-refractivity contribution is 5.92. The number of hydrogen-bond acceptors (Lipinski definition) is 4. The third-order valence-corrected chi connectivity index (χ3v) is 3.40. The molecule has 0 saturated carbocycles. The molecule has 1 unspecified atom stereocenters. The molecule has 1 aliphatic rings. The first-order valence-electron chi connectivity index (χ1n) is 6.54. The lowest BCUT2D eigenvalue weighted by Gasteiger charge is -2.22. The highest BCUT2D eigenvalue weighted by atomic mass is 16.5. The van der Waals surface area contributed by atoms with E-state index in [1.165, 1.54) is 0 Å². The minimum absolute atomic E-state index is 0.00246. The third kappa shape index (κ3) is 3.94.